The van der Waals surface area contributed by atoms with Gasteiger partial charge in [-0.2, -0.15) is 0 Å². The summed E-state index contributed by atoms with van der Waals surface area (Å²) in [5.41, 5.74) is 0.437. The van der Waals surface area contributed by atoms with Crippen molar-refractivity contribution in [2.45, 2.75) is 32.3 Å². The van der Waals surface area contributed by atoms with Crippen LogP contribution >= 0.6 is 22.9 Å². The highest BCUT2D eigenvalue weighted by Crippen LogP contribution is 2.34. The van der Waals surface area contributed by atoms with Gasteiger partial charge >= 0.3 is 0 Å². The van der Waals surface area contributed by atoms with Crippen molar-refractivity contribution in [3.63, 3.8) is 0 Å². The fourth-order valence-corrected chi connectivity index (χ4v) is 4.09. The lowest BCUT2D eigenvalue weighted by Crippen LogP contribution is -2.41. The third kappa shape index (κ3) is 2.78. The molecule has 0 saturated carbocycles. The monoisotopic (exact) mass is 310 g/mol. The second kappa shape index (κ2) is 5.17. The van der Waals surface area contributed by atoms with Crippen LogP contribution in [0.15, 0.2) is 18.2 Å². The second-order valence-corrected chi connectivity index (χ2v) is 7.47. The lowest BCUT2D eigenvalue weighted by atomic mass is 9.83. The third-order valence-corrected chi connectivity index (χ3v) is 5.42. The Morgan fingerprint density at radius 2 is 2.05 bits per heavy atom. The third-order valence-electron chi connectivity index (χ3n) is 4.10. The number of benzene rings is 1. The number of rotatable bonds is 2. The number of piperidine rings is 1. The van der Waals surface area contributed by atoms with E-state index in [9.17, 15) is 5.11 Å². The molecule has 0 bridgehead atoms. The number of anilines is 1. The summed E-state index contributed by atoms with van der Waals surface area (Å²) in [6.07, 6.45) is 2.03. The molecule has 2 heterocycles. The molecule has 108 valence electrons. The number of halogens is 1. The van der Waals surface area contributed by atoms with Gasteiger partial charge in [-0.15, -0.1) is 0 Å². The summed E-state index contributed by atoms with van der Waals surface area (Å²) in [6, 6.07) is 5.83. The van der Waals surface area contributed by atoms with E-state index in [2.05, 4.69) is 9.88 Å². The average Bonchev–Trinajstić information content (AvgIpc) is 2.80. The molecular weight excluding hydrogens is 292 g/mol. The molecular formula is C15H19ClN2OS. The summed E-state index contributed by atoms with van der Waals surface area (Å²) in [5, 5.41) is 11.9. The van der Waals surface area contributed by atoms with Crippen molar-refractivity contribution in [2.24, 2.45) is 5.92 Å². The summed E-state index contributed by atoms with van der Waals surface area (Å²) >= 11 is 7.72. The van der Waals surface area contributed by atoms with Crippen LogP contribution in [0.5, 0.6) is 0 Å². The minimum atomic E-state index is -0.576. The van der Waals surface area contributed by atoms with E-state index in [1.165, 1.54) is 0 Å². The van der Waals surface area contributed by atoms with Gasteiger partial charge in [-0.05, 0) is 50.8 Å². The maximum atomic E-state index is 10.1. The number of hydrogen-bond donors (Lipinski definition) is 1. The zero-order valence-corrected chi connectivity index (χ0v) is 13.3. The molecule has 0 spiro atoms. The van der Waals surface area contributed by atoms with Crippen LogP contribution in [0, 0.1) is 5.92 Å². The smallest absolute Gasteiger partial charge is 0.186 e. The molecule has 1 aliphatic rings. The van der Waals surface area contributed by atoms with Gasteiger partial charge < -0.3 is 10.0 Å². The van der Waals surface area contributed by atoms with Crippen LogP contribution < -0.4 is 4.90 Å². The molecule has 0 atom stereocenters. The van der Waals surface area contributed by atoms with Crippen LogP contribution in [-0.4, -0.2) is 28.8 Å². The number of nitrogens with zero attached hydrogens (tertiary/aromatic N) is 2. The number of aromatic nitrogens is 1. The lowest BCUT2D eigenvalue weighted by molar-refractivity contribution is 0.00651. The van der Waals surface area contributed by atoms with E-state index in [-0.39, 0.29) is 0 Å². The molecule has 5 heteroatoms. The number of thiazole rings is 1. The quantitative estimate of drug-likeness (QED) is 0.913. The van der Waals surface area contributed by atoms with Crippen molar-refractivity contribution < 1.29 is 5.11 Å². The second-order valence-electron chi connectivity index (χ2n) is 6.02. The first-order valence-corrected chi connectivity index (χ1v) is 8.16. The van der Waals surface area contributed by atoms with Crippen molar-refractivity contribution in [2.75, 3.05) is 18.0 Å². The molecule has 0 aliphatic carbocycles. The molecule has 1 N–H and O–H groups in total. The van der Waals surface area contributed by atoms with Gasteiger partial charge in [0.15, 0.2) is 5.13 Å². The molecule has 3 nitrogen and oxygen atoms in total. The van der Waals surface area contributed by atoms with Crippen LogP contribution in [0.2, 0.25) is 5.02 Å². The highest BCUT2D eigenvalue weighted by atomic mass is 35.5. The number of hydrogen-bond acceptors (Lipinski definition) is 4. The molecule has 0 amide bonds. The molecule has 2 aromatic rings. The summed E-state index contributed by atoms with van der Waals surface area (Å²) in [5.74, 6) is 0.377. The predicted octanol–water partition coefficient (Wildman–Crippen LogP) is 3.94. The topological polar surface area (TPSA) is 36.4 Å². The molecule has 1 saturated heterocycles. The molecule has 0 radical (unpaired) electrons. The Kier molecular flexibility index (Phi) is 3.65. The zero-order valence-electron chi connectivity index (χ0n) is 11.8. The van der Waals surface area contributed by atoms with Crippen molar-refractivity contribution in [1.82, 2.24) is 4.98 Å². The first kappa shape index (κ1) is 14.1. The van der Waals surface area contributed by atoms with E-state index < -0.39 is 5.60 Å². The number of aliphatic hydroxyl groups is 1. The molecule has 1 fully saturated rings. The lowest BCUT2D eigenvalue weighted by Gasteiger charge is -2.37. The summed E-state index contributed by atoms with van der Waals surface area (Å²) < 4.78 is 1.14. The maximum absolute atomic E-state index is 10.1. The molecule has 1 aromatic carbocycles. The fraction of sp³-hybridized carbons (Fsp3) is 0.533. The Labute approximate surface area is 128 Å². The molecule has 20 heavy (non-hydrogen) atoms. The van der Waals surface area contributed by atoms with E-state index in [4.69, 9.17) is 11.6 Å². The zero-order chi connectivity index (χ0) is 14.3. The van der Waals surface area contributed by atoms with Crippen LogP contribution in [-0.2, 0) is 0 Å². The summed E-state index contributed by atoms with van der Waals surface area (Å²) in [7, 11) is 0. The minimum absolute atomic E-state index is 0.377. The Morgan fingerprint density at radius 3 is 2.70 bits per heavy atom. The van der Waals surface area contributed by atoms with Gasteiger partial charge in [0.05, 0.1) is 15.8 Å². The van der Waals surface area contributed by atoms with E-state index >= 15 is 0 Å². The Bertz CT molecular complexity index is 612. The van der Waals surface area contributed by atoms with Crippen LogP contribution in [0.4, 0.5) is 5.13 Å². The summed E-state index contributed by atoms with van der Waals surface area (Å²) in [4.78, 5) is 7.01. The van der Waals surface area contributed by atoms with E-state index in [0.717, 1.165) is 46.3 Å². The van der Waals surface area contributed by atoms with E-state index in [0.29, 0.717) is 5.92 Å². The maximum Gasteiger partial charge on any atom is 0.186 e. The van der Waals surface area contributed by atoms with Crippen molar-refractivity contribution >= 4 is 38.3 Å². The highest BCUT2D eigenvalue weighted by Gasteiger charge is 2.31. The number of fused-ring (bicyclic) bond motifs is 1. The molecule has 3 rings (SSSR count). The molecule has 0 unspecified atom stereocenters. The molecule has 1 aromatic heterocycles. The van der Waals surface area contributed by atoms with Crippen molar-refractivity contribution in [1.29, 1.82) is 0 Å². The molecule has 1 aliphatic heterocycles. The van der Waals surface area contributed by atoms with Gasteiger partial charge in [0.25, 0.3) is 0 Å². The van der Waals surface area contributed by atoms with Crippen molar-refractivity contribution in [3.8, 4) is 0 Å². The van der Waals surface area contributed by atoms with Crippen LogP contribution in [0.1, 0.15) is 26.7 Å². The van der Waals surface area contributed by atoms with Crippen molar-refractivity contribution in [3.05, 3.63) is 23.2 Å². The largest absolute Gasteiger partial charge is 0.390 e. The van der Waals surface area contributed by atoms with Gasteiger partial charge in [0.1, 0.15) is 0 Å². The Hall–Kier alpha value is -0.840. The van der Waals surface area contributed by atoms with Gasteiger partial charge in [0, 0.05) is 18.1 Å². The first-order chi connectivity index (χ1) is 9.43. The average molecular weight is 311 g/mol. The van der Waals surface area contributed by atoms with E-state index in [1.807, 2.05) is 32.0 Å². The Balaban J connectivity index is 1.76. The van der Waals surface area contributed by atoms with Gasteiger partial charge in [-0.1, -0.05) is 22.9 Å². The Morgan fingerprint density at radius 1 is 1.35 bits per heavy atom. The fourth-order valence-electron chi connectivity index (χ4n) is 2.80. The van der Waals surface area contributed by atoms with E-state index in [1.54, 1.807) is 11.3 Å². The van der Waals surface area contributed by atoms with Gasteiger partial charge in [0.2, 0.25) is 0 Å². The van der Waals surface area contributed by atoms with Gasteiger partial charge in [-0.25, -0.2) is 4.98 Å². The SMILES string of the molecule is CC(C)(O)C1CCN(c2nc3ccc(Cl)cc3s2)CC1. The normalized spacial score (nSPS) is 17.9. The van der Waals surface area contributed by atoms with Crippen LogP contribution in [0.3, 0.4) is 0 Å². The highest BCUT2D eigenvalue weighted by molar-refractivity contribution is 7.22. The van der Waals surface area contributed by atoms with Crippen LogP contribution in [0.25, 0.3) is 10.2 Å². The van der Waals surface area contributed by atoms with Gasteiger partial charge in [-0.3, -0.25) is 0 Å². The first-order valence-electron chi connectivity index (χ1n) is 6.97. The minimum Gasteiger partial charge on any atom is -0.390 e. The predicted molar refractivity (Wildman–Crippen MR) is 85.9 cm³/mol. The standard InChI is InChI=1S/C15H19ClN2OS/c1-15(2,19)10-5-7-18(8-6-10)14-17-12-4-3-11(16)9-13(12)20-14/h3-4,9-10,19H,5-8H2,1-2H3. The summed E-state index contributed by atoms with van der Waals surface area (Å²) in [6.45, 7) is 5.74.